The highest BCUT2D eigenvalue weighted by Gasteiger charge is 2.60. The average molecular weight is 675 g/mol. The fraction of sp³-hybridized carbons (Fsp3) is 0.880. The Morgan fingerprint density at radius 3 is 1.98 bits per heavy atom. The Labute approximate surface area is 260 Å². The normalized spacial score (nSPS) is 42.9. The predicted octanol–water partition coefficient (Wildman–Crippen LogP) is -8.08. The fourth-order valence-electron chi connectivity index (χ4n) is 5.50. The van der Waals surface area contributed by atoms with Crippen LogP contribution in [0.5, 0.6) is 0 Å². The smallest absolute Gasteiger partial charge is 0.364 e. The fourth-order valence-corrected chi connectivity index (χ4v) is 5.50. The lowest BCUT2D eigenvalue weighted by atomic mass is 9.88. The minimum atomic E-state index is -3.04. The molecule has 3 aliphatic rings. The molecule has 0 aromatic carbocycles. The molecule has 3 heterocycles. The van der Waals surface area contributed by atoms with Crippen molar-refractivity contribution >= 4 is 17.8 Å². The van der Waals surface area contributed by atoms with Gasteiger partial charge in [-0.25, -0.2) is 4.79 Å². The van der Waals surface area contributed by atoms with Gasteiger partial charge in [-0.05, 0) is 0 Å². The van der Waals surface area contributed by atoms with Crippen molar-refractivity contribution in [2.45, 2.75) is 118 Å². The van der Waals surface area contributed by atoms with Gasteiger partial charge in [-0.2, -0.15) is 0 Å². The number of carboxylic acids is 1. The SMILES string of the molecule is CC(=O)NC1O[C@H](CO)[C@@H](O[C@@H]2O[C@H](CO)[C@H](O)[C@H](O[C@@]3(C(=O)O)C[C@H](O)[C@@H](NC(C)=O)[C@H]([C@H](O)[C@H](O)CO)O3)[C@H]2O)[C@H](O)[C@H]1O. The van der Waals surface area contributed by atoms with Crippen LogP contribution in [0.25, 0.3) is 0 Å². The third-order valence-corrected chi connectivity index (χ3v) is 7.84. The molecule has 21 nitrogen and oxygen atoms in total. The van der Waals surface area contributed by atoms with Crippen LogP contribution < -0.4 is 10.6 Å². The quantitative estimate of drug-likeness (QED) is 0.0913. The maximum Gasteiger partial charge on any atom is 0.364 e. The zero-order valence-electron chi connectivity index (χ0n) is 24.7. The van der Waals surface area contributed by atoms with Crippen LogP contribution in [0.4, 0.5) is 0 Å². The largest absolute Gasteiger partial charge is 0.477 e. The highest BCUT2D eigenvalue weighted by molar-refractivity contribution is 5.76. The highest BCUT2D eigenvalue weighted by atomic mass is 16.8. The first-order chi connectivity index (χ1) is 21.5. The summed E-state index contributed by atoms with van der Waals surface area (Å²) >= 11 is 0. The molecular weight excluding hydrogens is 632 g/mol. The number of ether oxygens (including phenoxy) is 5. The summed E-state index contributed by atoms with van der Waals surface area (Å²) in [5.41, 5.74) is 0. The molecule has 3 fully saturated rings. The Kier molecular flexibility index (Phi) is 13.1. The van der Waals surface area contributed by atoms with Gasteiger partial charge in [0.25, 0.3) is 5.79 Å². The van der Waals surface area contributed by atoms with Crippen molar-refractivity contribution in [1.29, 1.82) is 0 Å². The molecule has 3 aliphatic heterocycles. The number of carboxylic acid groups (broad SMARTS) is 1. The minimum absolute atomic E-state index is 0.649. The van der Waals surface area contributed by atoms with Gasteiger partial charge in [0.1, 0.15) is 67.1 Å². The van der Waals surface area contributed by atoms with Crippen LogP contribution >= 0.6 is 0 Å². The highest BCUT2D eigenvalue weighted by Crippen LogP contribution is 2.38. The minimum Gasteiger partial charge on any atom is -0.477 e. The molecule has 21 heteroatoms. The Bertz CT molecular complexity index is 1050. The molecule has 0 spiro atoms. The maximum atomic E-state index is 12.6. The molecule has 1 unspecified atom stereocenters. The lowest BCUT2D eigenvalue weighted by molar-refractivity contribution is -0.381. The Morgan fingerprint density at radius 2 is 1.46 bits per heavy atom. The second-order valence-corrected chi connectivity index (χ2v) is 11.2. The molecule has 46 heavy (non-hydrogen) atoms. The summed E-state index contributed by atoms with van der Waals surface area (Å²) in [4.78, 5) is 35.8. The van der Waals surface area contributed by atoms with E-state index >= 15 is 0 Å². The van der Waals surface area contributed by atoms with Crippen molar-refractivity contribution in [3.63, 3.8) is 0 Å². The molecule has 0 aromatic heterocycles. The first-order valence-electron chi connectivity index (χ1n) is 14.2. The second kappa shape index (κ2) is 15.8. The molecule has 3 saturated heterocycles. The summed E-state index contributed by atoms with van der Waals surface area (Å²) in [6.45, 7) is -0.751. The number of carbonyl (C=O) groups is 3. The number of hydrogen-bond donors (Lipinski definition) is 13. The Balaban J connectivity index is 1.93. The van der Waals surface area contributed by atoms with Crippen LogP contribution in [0.3, 0.4) is 0 Å². The van der Waals surface area contributed by atoms with E-state index in [0.29, 0.717) is 0 Å². The molecule has 0 bridgehead atoms. The summed E-state index contributed by atoms with van der Waals surface area (Å²) in [7, 11) is 0. The van der Waals surface area contributed by atoms with Crippen molar-refractivity contribution in [3.05, 3.63) is 0 Å². The van der Waals surface area contributed by atoms with Crippen molar-refractivity contribution in [3.8, 4) is 0 Å². The van der Waals surface area contributed by atoms with Crippen molar-refractivity contribution in [1.82, 2.24) is 10.6 Å². The summed E-state index contributed by atoms with van der Waals surface area (Å²) in [6, 6.07) is -1.55. The molecule has 266 valence electrons. The third kappa shape index (κ3) is 8.08. The van der Waals surface area contributed by atoms with Gasteiger partial charge < -0.3 is 90.5 Å². The summed E-state index contributed by atoms with van der Waals surface area (Å²) in [5.74, 6) is -6.41. The molecule has 0 radical (unpaired) electrons. The number of aliphatic hydroxyl groups excluding tert-OH is 10. The number of aliphatic carboxylic acids is 1. The molecule has 16 atom stereocenters. The molecular formula is C25H42N2O19. The number of nitrogens with one attached hydrogen (secondary N) is 2. The number of carbonyl (C=O) groups excluding carboxylic acids is 2. The van der Waals surface area contributed by atoms with E-state index < -0.39 is 142 Å². The monoisotopic (exact) mass is 674 g/mol. The van der Waals surface area contributed by atoms with Gasteiger partial charge in [0.15, 0.2) is 12.5 Å². The van der Waals surface area contributed by atoms with E-state index in [0.717, 1.165) is 13.8 Å². The topological polar surface area (TPSA) is 344 Å². The standard InChI is InChI=1S/C25H42N2O19/c1-7(31)26-13-9(33)3-25(24(40)41,45-20(13)14(35)10(34)4-28)46-21-15(36)11(5-29)43-23(18(21)39)44-19-12(6-30)42-22(27-8(2)32)17(38)16(19)37/h9-23,28-30,33-39H,3-6H2,1-2H3,(H,26,31)(H,27,32)(H,40,41)/t9-,10+,11+,12+,13+,14+,15-,16+,17+,18+,19+,20+,21-,22?,23-,25+/m0/s1. The Hall–Kier alpha value is -2.19. The summed E-state index contributed by atoms with van der Waals surface area (Å²) < 4.78 is 27.5. The first-order valence-corrected chi connectivity index (χ1v) is 14.2. The lowest BCUT2D eigenvalue weighted by Crippen LogP contribution is -2.71. The van der Waals surface area contributed by atoms with E-state index in [1.165, 1.54) is 0 Å². The molecule has 13 N–H and O–H groups in total. The van der Waals surface area contributed by atoms with E-state index in [1.54, 1.807) is 0 Å². The van der Waals surface area contributed by atoms with Gasteiger partial charge in [-0.3, -0.25) is 9.59 Å². The lowest BCUT2D eigenvalue weighted by Gasteiger charge is -2.50. The second-order valence-electron chi connectivity index (χ2n) is 11.2. The first kappa shape index (κ1) is 38.3. The van der Waals surface area contributed by atoms with Crippen molar-refractivity contribution < 1.29 is 94.2 Å². The van der Waals surface area contributed by atoms with Crippen molar-refractivity contribution in [2.75, 3.05) is 19.8 Å². The van der Waals surface area contributed by atoms with E-state index in [2.05, 4.69) is 10.6 Å². The van der Waals surface area contributed by atoms with Gasteiger partial charge in [0, 0.05) is 20.3 Å². The Morgan fingerprint density at radius 1 is 0.848 bits per heavy atom. The summed E-state index contributed by atoms with van der Waals surface area (Å²) in [6.07, 6.45) is -27.3. The van der Waals surface area contributed by atoms with Crippen LogP contribution in [0.2, 0.25) is 0 Å². The number of rotatable bonds is 12. The maximum absolute atomic E-state index is 12.6. The van der Waals surface area contributed by atoms with Gasteiger partial charge in [-0.15, -0.1) is 0 Å². The van der Waals surface area contributed by atoms with E-state index in [9.17, 15) is 70.6 Å². The third-order valence-electron chi connectivity index (χ3n) is 7.84. The van der Waals surface area contributed by atoms with Crippen LogP contribution in [-0.2, 0) is 38.1 Å². The average Bonchev–Trinajstić information content (AvgIpc) is 2.99. The zero-order valence-corrected chi connectivity index (χ0v) is 24.7. The summed E-state index contributed by atoms with van der Waals surface area (Å²) in [5, 5.41) is 118. The predicted molar refractivity (Wildman–Crippen MR) is 142 cm³/mol. The van der Waals surface area contributed by atoms with Crippen molar-refractivity contribution in [2.24, 2.45) is 0 Å². The number of hydrogen-bond acceptors (Lipinski definition) is 18. The zero-order chi connectivity index (χ0) is 34.7. The number of aliphatic hydroxyl groups is 10. The molecule has 2 amide bonds. The van der Waals surface area contributed by atoms with E-state index in [1.807, 2.05) is 0 Å². The van der Waals surface area contributed by atoms with E-state index in [-0.39, 0.29) is 0 Å². The number of amides is 2. The van der Waals surface area contributed by atoms with Gasteiger partial charge in [0.05, 0.1) is 32.0 Å². The van der Waals surface area contributed by atoms with Crippen LogP contribution in [0, 0.1) is 0 Å². The van der Waals surface area contributed by atoms with Crippen LogP contribution in [0.1, 0.15) is 20.3 Å². The van der Waals surface area contributed by atoms with Gasteiger partial charge in [0.2, 0.25) is 11.8 Å². The molecule has 0 saturated carbocycles. The molecule has 0 aliphatic carbocycles. The van der Waals surface area contributed by atoms with E-state index in [4.69, 9.17) is 23.7 Å². The molecule has 0 aromatic rings. The molecule has 3 rings (SSSR count). The van der Waals surface area contributed by atoms with Crippen LogP contribution in [-0.4, -0.2) is 191 Å². The van der Waals surface area contributed by atoms with Gasteiger partial charge in [-0.1, -0.05) is 0 Å². The van der Waals surface area contributed by atoms with Gasteiger partial charge >= 0.3 is 5.97 Å². The van der Waals surface area contributed by atoms with Crippen LogP contribution in [0.15, 0.2) is 0 Å².